The van der Waals surface area contributed by atoms with Gasteiger partial charge in [-0.2, -0.15) is 0 Å². The molecule has 180 valence electrons. The van der Waals surface area contributed by atoms with Crippen molar-refractivity contribution in [2.45, 2.75) is 32.3 Å². The summed E-state index contributed by atoms with van der Waals surface area (Å²) >= 11 is 1.46. The Kier molecular flexibility index (Phi) is 6.75. The zero-order chi connectivity index (χ0) is 24.4. The van der Waals surface area contributed by atoms with Gasteiger partial charge < -0.3 is 19.8 Å². The summed E-state index contributed by atoms with van der Waals surface area (Å²) in [5.74, 6) is 1.04. The number of ether oxygens (including phenoxy) is 1. The molecule has 0 spiro atoms. The number of carbonyl (C=O) groups is 1. The molecule has 6 heteroatoms. The zero-order valence-electron chi connectivity index (χ0n) is 19.7. The Balaban J connectivity index is 1.40. The van der Waals surface area contributed by atoms with Gasteiger partial charge in [-0.3, -0.25) is 4.79 Å². The van der Waals surface area contributed by atoms with Gasteiger partial charge in [0, 0.05) is 39.2 Å². The smallest absolute Gasteiger partial charge is 0.195 e. The quantitative estimate of drug-likeness (QED) is 0.293. The molecule has 5 nitrogen and oxygen atoms in total. The van der Waals surface area contributed by atoms with Crippen molar-refractivity contribution in [2.24, 2.45) is 0 Å². The van der Waals surface area contributed by atoms with E-state index >= 15 is 0 Å². The van der Waals surface area contributed by atoms with Crippen LogP contribution in [0.5, 0.6) is 17.2 Å². The number of phenols is 2. The predicted octanol–water partition coefficient (Wildman–Crippen LogP) is 6.46. The van der Waals surface area contributed by atoms with Crippen molar-refractivity contribution in [1.29, 1.82) is 0 Å². The van der Waals surface area contributed by atoms with Crippen molar-refractivity contribution in [3.63, 3.8) is 0 Å². The number of hydrogen-bond acceptors (Lipinski definition) is 6. The Bertz CT molecular complexity index is 1320. The monoisotopic (exact) mass is 487 g/mol. The van der Waals surface area contributed by atoms with Gasteiger partial charge in [-0.15, -0.1) is 11.3 Å². The van der Waals surface area contributed by atoms with E-state index in [1.54, 1.807) is 42.5 Å². The maximum absolute atomic E-state index is 13.7. The van der Waals surface area contributed by atoms with Gasteiger partial charge in [-0.05, 0) is 98.1 Å². The Hall–Kier alpha value is -3.35. The summed E-state index contributed by atoms with van der Waals surface area (Å²) in [7, 11) is 0. The molecule has 0 atom stereocenters. The first-order valence-corrected chi connectivity index (χ1v) is 12.9. The average Bonchev–Trinajstić information content (AvgIpc) is 3.24. The van der Waals surface area contributed by atoms with Crippen LogP contribution in [-0.4, -0.2) is 46.6 Å². The zero-order valence-corrected chi connectivity index (χ0v) is 20.6. The highest BCUT2D eigenvalue weighted by Crippen LogP contribution is 2.41. The molecule has 0 saturated carbocycles. The van der Waals surface area contributed by atoms with Crippen LogP contribution in [0.2, 0.25) is 0 Å². The minimum absolute atomic E-state index is 0.0792. The third-order valence-electron chi connectivity index (χ3n) is 6.52. The molecule has 0 amide bonds. The number of benzene rings is 3. The normalized spacial score (nSPS) is 14.9. The molecule has 0 aliphatic carbocycles. The van der Waals surface area contributed by atoms with Crippen LogP contribution in [0.3, 0.4) is 0 Å². The third-order valence-corrected chi connectivity index (χ3v) is 7.73. The van der Waals surface area contributed by atoms with Crippen molar-refractivity contribution < 1.29 is 19.7 Å². The summed E-state index contributed by atoms with van der Waals surface area (Å²) < 4.78 is 7.05. The lowest BCUT2D eigenvalue weighted by molar-refractivity contribution is 0.101. The fraction of sp³-hybridized carbons (Fsp3) is 0.276. The lowest BCUT2D eigenvalue weighted by Gasteiger charge is -2.31. The van der Waals surface area contributed by atoms with E-state index < -0.39 is 0 Å². The van der Waals surface area contributed by atoms with E-state index in [1.807, 2.05) is 24.3 Å². The highest BCUT2D eigenvalue weighted by molar-refractivity contribution is 7.22. The molecule has 2 N–H and O–H groups in total. The van der Waals surface area contributed by atoms with Gasteiger partial charge in [0.05, 0.1) is 0 Å². The summed E-state index contributed by atoms with van der Waals surface area (Å²) in [6.07, 6.45) is 3.42. The molecule has 1 aliphatic rings. The highest BCUT2D eigenvalue weighted by Gasteiger charge is 2.23. The van der Waals surface area contributed by atoms with Crippen LogP contribution in [0.25, 0.3) is 20.5 Å². The lowest BCUT2D eigenvalue weighted by atomic mass is 9.97. The van der Waals surface area contributed by atoms with E-state index in [0.29, 0.717) is 11.1 Å². The minimum Gasteiger partial charge on any atom is -0.508 e. The molecule has 2 heterocycles. The summed E-state index contributed by atoms with van der Waals surface area (Å²) in [6.45, 7) is 5.49. The Labute approximate surface area is 209 Å². The molecule has 0 bridgehead atoms. The number of aromatic hydroxyl groups is 2. The first kappa shape index (κ1) is 23.4. The molecule has 1 aliphatic heterocycles. The third kappa shape index (κ3) is 5.04. The number of carbonyl (C=O) groups excluding carboxylic acids is 1. The summed E-state index contributed by atoms with van der Waals surface area (Å²) in [4.78, 5) is 17.0. The second-order valence-corrected chi connectivity index (χ2v) is 10.1. The topological polar surface area (TPSA) is 70.0 Å². The lowest BCUT2D eigenvalue weighted by Crippen LogP contribution is -2.38. The van der Waals surface area contributed by atoms with E-state index in [9.17, 15) is 15.0 Å². The van der Waals surface area contributed by atoms with Crippen molar-refractivity contribution in [1.82, 2.24) is 4.90 Å². The molecule has 1 aromatic heterocycles. The largest absolute Gasteiger partial charge is 0.508 e. The number of ketones is 1. The molecule has 1 saturated heterocycles. The fourth-order valence-corrected chi connectivity index (χ4v) is 5.95. The van der Waals surface area contributed by atoms with Gasteiger partial charge in [-0.25, -0.2) is 0 Å². The van der Waals surface area contributed by atoms with Crippen molar-refractivity contribution >= 4 is 27.2 Å². The predicted molar refractivity (Wildman–Crippen MR) is 141 cm³/mol. The Morgan fingerprint density at radius 3 is 2.34 bits per heavy atom. The fourth-order valence-electron chi connectivity index (χ4n) is 4.72. The van der Waals surface area contributed by atoms with Crippen LogP contribution < -0.4 is 4.74 Å². The van der Waals surface area contributed by atoms with Gasteiger partial charge >= 0.3 is 0 Å². The molecule has 35 heavy (non-hydrogen) atoms. The number of fused-ring (bicyclic) bond motifs is 1. The number of nitrogens with zero attached hydrogens (tertiary/aromatic N) is 1. The first-order valence-electron chi connectivity index (χ1n) is 12.1. The first-order chi connectivity index (χ1) is 17.0. The molecule has 0 radical (unpaired) electrons. The van der Waals surface area contributed by atoms with Crippen LogP contribution in [-0.2, 0) is 0 Å². The summed E-state index contributed by atoms with van der Waals surface area (Å²) in [6, 6.07) is 19.3. The van der Waals surface area contributed by atoms with Crippen molar-refractivity contribution in [2.75, 3.05) is 19.6 Å². The van der Waals surface area contributed by atoms with Gasteiger partial charge in [0.2, 0.25) is 0 Å². The summed E-state index contributed by atoms with van der Waals surface area (Å²) in [5.41, 5.74) is 2.04. The molecule has 1 fully saturated rings. The second-order valence-electron chi connectivity index (χ2n) is 9.05. The molecular formula is C29H29NO4S. The molecule has 5 rings (SSSR count). The number of piperidine rings is 1. The van der Waals surface area contributed by atoms with Gasteiger partial charge in [0.15, 0.2) is 5.78 Å². The van der Waals surface area contributed by atoms with Crippen molar-refractivity contribution in [3.05, 3.63) is 77.9 Å². The van der Waals surface area contributed by atoms with Crippen molar-refractivity contribution in [3.8, 4) is 27.7 Å². The van der Waals surface area contributed by atoms with Crippen LogP contribution in [0.1, 0.15) is 42.1 Å². The van der Waals surface area contributed by atoms with E-state index in [4.69, 9.17) is 4.74 Å². The number of phenolic OH excluding ortho intramolecular Hbond substituents is 2. The van der Waals surface area contributed by atoms with Gasteiger partial charge in [-0.1, -0.05) is 6.92 Å². The Morgan fingerprint density at radius 2 is 1.66 bits per heavy atom. The minimum atomic E-state index is -0.0792. The van der Waals surface area contributed by atoms with E-state index in [0.717, 1.165) is 58.8 Å². The number of likely N-dealkylation sites (tertiary alicyclic amines) is 1. The standard InChI is InChI=1S/C29H29NO4S/c1-2-15-30-16-13-24(14-17-30)34-23-10-5-19(6-11-23)28(33)27-25-12-9-22(32)18-26(25)35-29(27)20-3-7-21(31)8-4-20/h3-12,18,24,31-32H,2,13-17H2,1H3. The molecule has 4 aromatic rings. The van der Waals surface area contributed by atoms with E-state index in [2.05, 4.69) is 11.8 Å². The van der Waals surface area contributed by atoms with Crippen LogP contribution in [0, 0.1) is 0 Å². The average molecular weight is 488 g/mol. The van der Waals surface area contributed by atoms with Crippen LogP contribution >= 0.6 is 11.3 Å². The molecule has 3 aromatic carbocycles. The number of thiophene rings is 1. The highest BCUT2D eigenvalue weighted by atomic mass is 32.1. The maximum Gasteiger partial charge on any atom is 0.195 e. The SMILES string of the molecule is CCCN1CCC(Oc2ccc(C(=O)c3c(-c4ccc(O)cc4)sc4cc(O)ccc34)cc2)CC1. The van der Waals surface area contributed by atoms with E-state index in [1.165, 1.54) is 17.8 Å². The van der Waals surface area contributed by atoms with Crippen LogP contribution in [0.4, 0.5) is 0 Å². The summed E-state index contributed by atoms with van der Waals surface area (Å²) in [5, 5.41) is 20.5. The molecular weight excluding hydrogens is 458 g/mol. The number of rotatable bonds is 7. The van der Waals surface area contributed by atoms with Gasteiger partial charge in [0.1, 0.15) is 23.4 Å². The maximum atomic E-state index is 13.7. The number of hydrogen-bond donors (Lipinski definition) is 2. The second kappa shape index (κ2) is 10.1. The molecule has 0 unspecified atom stereocenters. The van der Waals surface area contributed by atoms with Crippen LogP contribution in [0.15, 0.2) is 66.7 Å². The van der Waals surface area contributed by atoms with Gasteiger partial charge in [0.25, 0.3) is 0 Å². The Morgan fingerprint density at radius 1 is 0.971 bits per heavy atom. The van der Waals surface area contributed by atoms with E-state index in [-0.39, 0.29) is 23.4 Å².